The van der Waals surface area contributed by atoms with Gasteiger partial charge in [0.15, 0.2) is 0 Å². The number of nitrogens with zero attached hydrogens (tertiary/aromatic N) is 1. The van der Waals surface area contributed by atoms with Crippen LogP contribution in [0.25, 0.3) is 43.8 Å². The fraction of sp³-hybridized carbons (Fsp3) is 0. The molecule has 0 unspecified atom stereocenters. The third kappa shape index (κ3) is 1.85. The summed E-state index contributed by atoms with van der Waals surface area (Å²) in [5.41, 5.74) is 5.42. The van der Waals surface area contributed by atoms with E-state index in [0.717, 1.165) is 33.1 Å². The summed E-state index contributed by atoms with van der Waals surface area (Å²) < 4.78 is 0. The van der Waals surface area contributed by atoms with Crippen molar-refractivity contribution in [3.05, 3.63) is 79.0 Å². The summed E-state index contributed by atoms with van der Waals surface area (Å²) in [4.78, 5) is 8.02. The van der Waals surface area contributed by atoms with Crippen molar-refractivity contribution < 1.29 is 0 Å². The molecule has 2 nitrogen and oxygen atoms in total. The Balaban J connectivity index is 1.84. The zero-order valence-corrected chi connectivity index (χ0v) is 12.4. The van der Waals surface area contributed by atoms with Crippen LogP contribution in [0.4, 0.5) is 0 Å². The van der Waals surface area contributed by atoms with Crippen molar-refractivity contribution in [1.29, 1.82) is 0 Å². The predicted octanol–water partition coefficient (Wildman–Crippen LogP) is 5.34. The van der Waals surface area contributed by atoms with Gasteiger partial charge >= 0.3 is 0 Å². The van der Waals surface area contributed by atoms with E-state index >= 15 is 0 Å². The van der Waals surface area contributed by atoms with Crippen LogP contribution in [0.5, 0.6) is 0 Å². The van der Waals surface area contributed by atoms with Gasteiger partial charge in [-0.1, -0.05) is 54.6 Å². The summed E-state index contributed by atoms with van der Waals surface area (Å²) >= 11 is 0. The van der Waals surface area contributed by atoms with Gasteiger partial charge in [0.2, 0.25) is 0 Å². The van der Waals surface area contributed by atoms with E-state index in [2.05, 4.69) is 70.8 Å². The summed E-state index contributed by atoms with van der Waals surface area (Å²) in [6, 6.07) is 25.1. The largest absolute Gasteiger partial charge is 0.354 e. The van der Waals surface area contributed by atoms with Crippen LogP contribution in [-0.2, 0) is 0 Å². The van der Waals surface area contributed by atoms with Crippen molar-refractivity contribution in [3.63, 3.8) is 0 Å². The number of hydrogen-bond acceptors (Lipinski definition) is 1. The summed E-state index contributed by atoms with van der Waals surface area (Å²) in [6.07, 6.45) is 3.19. The smallest absolute Gasteiger partial charge is 0.0979 e. The Labute approximate surface area is 133 Å². The number of para-hydroxylation sites is 3. The van der Waals surface area contributed by atoms with Gasteiger partial charge in [-0.25, -0.2) is 4.98 Å². The number of fused-ring (bicyclic) bond motifs is 4. The second-order valence-corrected chi connectivity index (χ2v) is 5.74. The molecular weight excluding hydrogens is 280 g/mol. The van der Waals surface area contributed by atoms with Crippen LogP contribution in [0, 0.1) is 6.20 Å². The van der Waals surface area contributed by atoms with Crippen LogP contribution >= 0.6 is 0 Å². The maximum absolute atomic E-state index is 4.48. The van der Waals surface area contributed by atoms with Crippen molar-refractivity contribution in [2.24, 2.45) is 0 Å². The fourth-order valence-corrected chi connectivity index (χ4v) is 3.26. The molecule has 0 spiro atoms. The van der Waals surface area contributed by atoms with E-state index in [-0.39, 0.29) is 0 Å². The molecule has 0 aliphatic rings. The van der Waals surface area contributed by atoms with Gasteiger partial charge in [0.1, 0.15) is 0 Å². The highest BCUT2D eigenvalue weighted by Crippen LogP contribution is 2.33. The zero-order valence-electron chi connectivity index (χ0n) is 12.4. The molecule has 0 aliphatic heterocycles. The van der Waals surface area contributed by atoms with Gasteiger partial charge in [-0.3, -0.25) is 0 Å². The highest BCUT2D eigenvalue weighted by Gasteiger charge is 2.10. The second-order valence-electron chi connectivity index (χ2n) is 5.74. The molecule has 23 heavy (non-hydrogen) atoms. The number of aromatic amines is 1. The van der Waals surface area contributed by atoms with E-state index in [1.165, 1.54) is 10.8 Å². The lowest BCUT2D eigenvalue weighted by molar-refractivity contribution is 1.39. The number of rotatable bonds is 1. The average molecular weight is 293 g/mol. The first kappa shape index (κ1) is 12.4. The van der Waals surface area contributed by atoms with E-state index in [4.69, 9.17) is 0 Å². The number of nitrogens with one attached hydrogen (secondary N) is 1. The molecule has 0 amide bonds. The molecule has 107 valence electrons. The first-order chi connectivity index (χ1) is 11.4. The number of aromatic nitrogens is 2. The van der Waals surface area contributed by atoms with Gasteiger partial charge in [0.25, 0.3) is 0 Å². The molecule has 0 fully saturated rings. The molecule has 3 aromatic carbocycles. The van der Waals surface area contributed by atoms with Crippen LogP contribution in [-0.4, -0.2) is 9.97 Å². The second kappa shape index (κ2) is 4.68. The molecule has 5 aromatic rings. The van der Waals surface area contributed by atoms with Crippen molar-refractivity contribution in [2.75, 3.05) is 0 Å². The molecule has 1 N–H and O–H groups in total. The molecule has 0 aliphatic carbocycles. The van der Waals surface area contributed by atoms with Crippen molar-refractivity contribution in [1.82, 2.24) is 9.97 Å². The Morgan fingerprint density at radius 1 is 0.783 bits per heavy atom. The topological polar surface area (TPSA) is 28.7 Å². The summed E-state index contributed by atoms with van der Waals surface area (Å²) in [6.45, 7) is 0. The van der Waals surface area contributed by atoms with E-state index in [1.54, 1.807) is 0 Å². The lowest BCUT2D eigenvalue weighted by atomic mass is 10.0. The molecule has 0 saturated heterocycles. The normalized spacial score (nSPS) is 11.5. The van der Waals surface area contributed by atoms with Gasteiger partial charge in [0.05, 0.1) is 17.2 Å². The van der Waals surface area contributed by atoms with Crippen molar-refractivity contribution >= 4 is 32.7 Å². The lowest BCUT2D eigenvalue weighted by Crippen LogP contribution is -1.85. The van der Waals surface area contributed by atoms with Crippen LogP contribution < -0.4 is 0 Å². The first-order valence-electron chi connectivity index (χ1n) is 7.67. The van der Waals surface area contributed by atoms with Gasteiger partial charge in [0, 0.05) is 32.8 Å². The number of hydrogen-bond donors (Lipinski definition) is 1. The predicted molar refractivity (Wildman–Crippen MR) is 95.4 cm³/mol. The maximum atomic E-state index is 4.48. The zero-order chi connectivity index (χ0) is 15.2. The standard InChI is InChI=1S/C21H13N2/c1-3-10-19-14(6-1)12-15(13-22-19)16-8-5-9-18-17-7-2-4-11-20(17)23-21(16)18/h1-12,23H. The Morgan fingerprint density at radius 3 is 2.61 bits per heavy atom. The van der Waals surface area contributed by atoms with Crippen LogP contribution in [0.2, 0.25) is 0 Å². The average Bonchev–Trinajstić information content (AvgIpc) is 3.00. The van der Waals surface area contributed by atoms with Crippen LogP contribution in [0.3, 0.4) is 0 Å². The van der Waals surface area contributed by atoms with Gasteiger partial charge < -0.3 is 4.98 Å². The Kier molecular flexibility index (Phi) is 2.53. The van der Waals surface area contributed by atoms with E-state index < -0.39 is 0 Å². The van der Waals surface area contributed by atoms with E-state index in [9.17, 15) is 0 Å². The Hall–Kier alpha value is -3.13. The SMILES string of the molecule is [c]1nc2ccccc2cc1-c1cccc2c1[nH]c1ccccc12. The molecular formula is C21H13N2. The molecule has 0 saturated carbocycles. The minimum Gasteiger partial charge on any atom is -0.354 e. The Bertz CT molecular complexity index is 1170. The molecule has 2 heteroatoms. The lowest BCUT2D eigenvalue weighted by Gasteiger charge is -2.04. The quantitative estimate of drug-likeness (QED) is 0.444. The third-order valence-electron chi connectivity index (χ3n) is 4.36. The number of H-pyrrole nitrogens is 1. The monoisotopic (exact) mass is 293 g/mol. The summed E-state index contributed by atoms with van der Waals surface area (Å²) in [5.74, 6) is 0. The first-order valence-corrected chi connectivity index (χ1v) is 7.67. The van der Waals surface area contributed by atoms with Crippen LogP contribution in [0.15, 0.2) is 72.8 Å². The molecule has 5 rings (SSSR count). The van der Waals surface area contributed by atoms with Gasteiger partial charge in [-0.15, -0.1) is 0 Å². The molecule has 2 aromatic heterocycles. The third-order valence-corrected chi connectivity index (χ3v) is 4.36. The fourth-order valence-electron chi connectivity index (χ4n) is 3.26. The van der Waals surface area contributed by atoms with Crippen molar-refractivity contribution in [2.45, 2.75) is 0 Å². The summed E-state index contributed by atoms with van der Waals surface area (Å²) in [5, 5.41) is 3.62. The Morgan fingerprint density at radius 2 is 1.61 bits per heavy atom. The van der Waals surface area contributed by atoms with E-state index in [0.29, 0.717) is 0 Å². The highest BCUT2D eigenvalue weighted by atomic mass is 14.7. The minimum atomic E-state index is 0.972. The maximum Gasteiger partial charge on any atom is 0.0979 e. The van der Waals surface area contributed by atoms with E-state index in [1.807, 2.05) is 18.2 Å². The minimum absolute atomic E-state index is 0.972. The molecule has 2 heterocycles. The number of pyridine rings is 1. The highest BCUT2D eigenvalue weighted by molar-refractivity contribution is 6.11. The molecule has 0 bridgehead atoms. The van der Waals surface area contributed by atoms with Gasteiger partial charge in [-0.05, 0) is 18.2 Å². The summed E-state index contributed by atoms with van der Waals surface area (Å²) in [7, 11) is 0. The van der Waals surface area contributed by atoms with Gasteiger partial charge in [-0.2, -0.15) is 0 Å². The number of benzene rings is 3. The molecule has 0 atom stereocenters. The molecule has 1 radical (unpaired) electrons. The van der Waals surface area contributed by atoms with Crippen LogP contribution in [0.1, 0.15) is 0 Å². The van der Waals surface area contributed by atoms with Crippen molar-refractivity contribution in [3.8, 4) is 11.1 Å².